The SMILES string of the molecule is C=C1C(=O)O[C@@H]2[C@@H]1[C@@H](O)[C@@H](OC(C)=O)[C@@](C)(O)[C@H]1C=C[C@](C)(OO)[C@H]21. The van der Waals surface area contributed by atoms with E-state index in [1.807, 2.05) is 0 Å². The van der Waals surface area contributed by atoms with Crippen molar-refractivity contribution in [3.05, 3.63) is 24.3 Å². The number of fused-ring (bicyclic) bond motifs is 3. The molecule has 1 saturated heterocycles. The maximum absolute atomic E-state index is 12.0. The van der Waals surface area contributed by atoms with Gasteiger partial charge in [-0.3, -0.25) is 10.1 Å². The molecule has 138 valence electrons. The Morgan fingerprint density at radius 3 is 2.60 bits per heavy atom. The lowest BCUT2D eigenvalue weighted by molar-refractivity contribution is -0.324. The fourth-order valence-electron chi connectivity index (χ4n) is 4.46. The topological polar surface area (TPSA) is 123 Å². The number of ether oxygens (including phenoxy) is 2. The maximum Gasteiger partial charge on any atom is 0.334 e. The molecule has 25 heavy (non-hydrogen) atoms. The van der Waals surface area contributed by atoms with Gasteiger partial charge in [-0.15, -0.1) is 0 Å². The van der Waals surface area contributed by atoms with Gasteiger partial charge in [-0.25, -0.2) is 9.68 Å². The van der Waals surface area contributed by atoms with Gasteiger partial charge in [0.2, 0.25) is 0 Å². The molecule has 0 aromatic carbocycles. The first kappa shape index (κ1) is 18.1. The van der Waals surface area contributed by atoms with Crippen molar-refractivity contribution in [2.75, 3.05) is 0 Å². The molecule has 8 atom stereocenters. The van der Waals surface area contributed by atoms with Crippen LogP contribution in [0.2, 0.25) is 0 Å². The van der Waals surface area contributed by atoms with Crippen LogP contribution in [0.1, 0.15) is 20.8 Å². The summed E-state index contributed by atoms with van der Waals surface area (Å²) in [4.78, 5) is 28.2. The molecule has 2 aliphatic carbocycles. The molecule has 1 saturated carbocycles. The van der Waals surface area contributed by atoms with E-state index in [2.05, 4.69) is 11.5 Å². The third kappa shape index (κ3) is 2.43. The van der Waals surface area contributed by atoms with Crippen LogP contribution in [0.15, 0.2) is 24.3 Å². The average molecular weight is 354 g/mol. The number of carbonyl (C=O) groups excluding carboxylic acids is 2. The Bertz CT molecular complexity index is 653. The summed E-state index contributed by atoms with van der Waals surface area (Å²) in [5, 5.41) is 31.4. The van der Waals surface area contributed by atoms with Crippen molar-refractivity contribution in [1.82, 2.24) is 0 Å². The Labute approximate surface area is 144 Å². The average Bonchev–Trinajstić information content (AvgIpc) is 3.00. The molecule has 0 aromatic heterocycles. The fourth-order valence-corrected chi connectivity index (χ4v) is 4.46. The number of aliphatic hydroxyl groups is 2. The Morgan fingerprint density at radius 2 is 2.04 bits per heavy atom. The van der Waals surface area contributed by atoms with Crippen molar-refractivity contribution in [1.29, 1.82) is 0 Å². The van der Waals surface area contributed by atoms with Crippen LogP contribution in [0.5, 0.6) is 0 Å². The molecule has 8 heteroatoms. The van der Waals surface area contributed by atoms with Crippen LogP contribution in [0, 0.1) is 17.8 Å². The largest absolute Gasteiger partial charge is 0.458 e. The predicted octanol–water partition coefficient (Wildman–Crippen LogP) is 0.192. The van der Waals surface area contributed by atoms with Gasteiger partial charge in [-0.1, -0.05) is 18.7 Å². The molecule has 3 aliphatic rings. The summed E-state index contributed by atoms with van der Waals surface area (Å²) < 4.78 is 10.6. The lowest BCUT2D eigenvalue weighted by Crippen LogP contribution is -2.55. The zero-order chi connectivity index (χ0) is 18.7. The molecule has 0 aromatic rings. The van der Waals surface area contributed by atoms with E-state index in [-0.39, 0.29) is 5.57 Å². The van der Waals surface area contributed by atoms with Crippen molar-refractivity contribution < 1.29 is 39.4 Å². The molecule has 0 amide bonds. The van der Waals surface area contributed by atoms with Gasteiger partial charge in [0.05, 0.1) is 5.92 Å². The van der Waals surface area contributed by atoms with E-state index in [4.69, 9.17) is 9.47 Å². The maximum atomic E-state index is 12.0. The number of carbonyl (C=O) groups is 2. The first-order valence-corrected chi connectivity index (χ1v) is 8.04. The third-order valence-corrected chi connectivity index (χ3v) is 5.72. The van der Waals surface area contributed by atoms with Crippen LogP contribution in [0.4, 0.5) is 0 Å². The quantitative estimate of drug-likeness (QED) is 0.211. The smallest absolute Gasteiger partial charge is 0.334 e. The third-order valence-electron chi connectivity index (χ3n) is 5.72. The van der Waals surface area contributed by atoms with Crippen molar-refractivity contribution in [3.8, 4) is 0 Å². The zero-order valence-corrected chi connectivity index (χ0v) is 14.2. The van der Waals surface area contributed by atoms with Crippen LogP contribution in [-0.4, -0.2) is 56.9 Å². The minimum atomic E-state index is -1.69. The normalized spacial score (nSPS) is 48.6. The van der Waals surface area contributed by atoms with E-state index in [1.54, 1.807) is 19.1 Å². The van der Waals surface area contributed by atoms with Crippen LogP contribution in [0.25, 0.3) is 0 Å². The van der Waals surface area contributed by atoms with E-state index in [9.17, 15) is 25.1 Å². The van der Waals surface area contributed by atoms with E-state index >= 15 is 0 Å². The summed E-state index contributed by atoms with van der Waals surface area (Å²) >= 11 is 0. The highest BCUT2D eigenvalue weighted by Crippen LogP contribution is 2.54. The van der Waals surface area contributed by atoms with Gasteiger partial charge in [-0.05, 0) is 13.8 Å². The fraction of sp³-hybridized carbons (Fsp3) is 0.647. The van der Waals surface area contributed by atoms with Crippen LogP contribution >= 0.6 is 0 Å². The minimum Gasteiger partial charge on any atom is -0.458 e. The second-order valence-electron chi connectivity index (χ2n) is 7.35. The van der Waals surface area contributed by atoms with Crippen LogP contribution in [-0.2, 0) is 24.0 Å². The van der Waals surface area contributed by atoms with E-state index < -0.39 is 59.2 Å². The summed E-state index contributed by atoms with van der Waals surface area (Å²) in [6.07, 6.45) is -0.458. The lowest BCUT2D eigenvalue weighted by Gasteiger charge is -2.40. The Balaban J connectivity index is 2.16. The molecular formula is C17H22O8. The van der Waals surface area contributed by atoms with Crippen LogP contribution < -0.4 is 0 Å². The Kier molecular flexibility index (Phi) is 4.07. The molecule has 1 aliphatic heterocycles. The molecule has 3 rings (SSSR count). The predicted molar refractivity (Wildman–Crippen MR) is 82.9 cm³/mol. The summed E-state index contributed by atoms with van der Waals surface area (Å²) in [7, 11) is 0. The molecule has 8 nitrogen and oxygen atoms in total. The highest BCUT2D eigenvalue weighted by Gasteiger charge is 2.66. The van der Waals surface area contributed by atoms with E-state index in [0.717, 1.165) is 0 Å². The molecule has 2 fully saturated rings. The molecule has 0 spiro atoms. The highest BCUT2D eigenvalue weighted by atomic mass is 17.1. The van der Waals surface area contributed by atoms with Crippen molar-refractivity contribution in [2.24, 2.45) is 17.8 Å². The van der Waals surface area contributed by atoms with Gasteiger partial charge in [0.15, 0.2) is 6.10 Å². The Hall–Kier alpha value is -1.74. The zero-order valence-electron chi connectivity index (χ0n) is 14.2. The minimum absolute atomic E-state index is 0.0262. The van der Waals surface area contributed by atoms with Crippen molar-refractivity contribution >= 4 is 11.9 Å². The highest BCUT2D eigenvalue weighted by molar-refractivity contribution is 5.91. The summed E-state index contributed by atoms with van der Waals surface area (Å²) in [5.41, 5.74) is -2.93. The number of esters is 2. The molecule has 0 unspecified atom stereocenters. The summed E-state index contributed by atoms with van der Waals surface area (Å²) in [6, 6.07) is 0. The second-order valence-corrected chi connectivity index (χ2v) is 7.35. The molecule has 0 bridgehead atoms. The summed E-state index contributed by atoms with van der Waals surface area (Å²) in [5.74, 6) is -3.69. The Morgan fingerprint density at radius 1 is 1.40 bits per heavy atom. The monoisotopic (exact) mass is 354 g/mol. The van der Waals surface area contributed by atoms with Gasteiger partial charge in [0, 0.05) is 24.3 Å². The van der Waals surface area contributed by atoms with E-state index in [0.29, 0.717) is 0 Å². The molecule has 1 heterocycles. The van der Waals surface area contributed by atoms with Gasteiger partial charge in [0.25, 0.3) is 0 Å². The first-order valence-electron chi connectivity index (χ1n) is 8.04. The van der Waals surface area contributed by atoms with Gasteiger partial charge < -0.3 is 19.7 Å². The van der Waals surface area contributed by atoms with Crippen LogP contribution in [0.3, 0.4) is 0 Å². The molecular weight excluding hydrogens is 332 g/mol. The summed E-state index contributed by atoms with van der Waals surface area (Å²) in [6.45, 7) is 7.86. The number of rotatable bonds is 2. The van der Waals surface area contributed by atoms with E-state index in [1.165, 1.54) is 13.8 Å². The van der Waals surface area contributed by atoms with Gasteiger partial charge in [0.1, 0.15) is 23.4 Å². The molecule has 3 N–H and O–H groups in total. The van der Waals surface area contributed by atoms with Gasteiger partial charge in [-0.2, -0.15) is 0 Å². The number of hydrogen-bond donors (Lipinski definition) is 3. The standard InChI is InChI=1S/C17H22O8/c1-7-10-12(19)14(23-8(2)18)17(4,21)9-5-6-16(3,25-22)11(9)13(10)24-15(7)20/h5-6,9-14,19,21-22H,1H2,2-4H3/t9-,10-,11-,12+,13+,14+,16-,17-/m0/s1. The first-order chi connectivity index (χ1) is 11.5. The van der Waals surface area contributed by atoms with Crippen molar-refractivity contribution in [3.63, 3.8) is 0 Å². The molecule has 0 radical (unpaired) electrons. The second kappa shape index (κ2) is 5.63. The lowest BCUT2D eigenvalue weighted by atomic mass is 9.73. The number of hydrogen-bond acceptors (Lipinski definition) is 8. The number of aliphatic hydroxyl groups excluding tert-OH is 1. The van der Waals surface area contributed by atoms with Crippen molar-refractivity contribution in [2.45, 2.75) is 50.3 Å². The van der Waals surface area contributed by atoms with Gasteiger partial charge >= 0.3 is 11.9 Å².